The van der Waals surface area contributed by atoms with Crippen molar-refractivity contribution in [3.8, 4) is 0 Å². The molecule has 26 heavy (non-hydrogen) atoms. The van der Waals surface area contributed by atoms with E-state index in [1.807, 2.05) is 4.90 Å². The maximum absolute atomic E-state index is 11.5. The number of carbonyl (C=O) groups is 4. The molecule has 0 bridgehead atoms. The van der Waals surface area contributed by atoms with Crippen molar-refractivity contribution in [1.82, 2.24) is 4.90 Å². The molecule has 1 aromatic carbocycles. The summed E-state index contributed by atoms with van der Waals surface area (Å²) in [7, 11) is 3.97. The predicted octanol–water partition coefficient (Wildman–Crippen LogP) is 1.48. The van der Waals surface area contributed by atoms with Gasteiger partial charge in [0.1, 0.15) is 0 Å². The van der Waals surface area contributed by atoms with E-state index < -0.39 is 11.9 Å². The molecule has 1 aromatic rings. The molecule has 8 nitrogen and oxygen atoms in total. The molecule has 0 aliphatic carbocycles. The fourth-order valence-corrected chi connectivity index (χ4v) is 2.37. The summed E-state index contributed by atoms with van der Waals surface area (Å²) < 4.78 is 9.15. The first kappa shape index (κ1) is 21.1. The standard InChI is InChI=1S/C12H13NO5.C6H11NO/c1-13(7-14)10-5-8(11(15)17-2)4-9(6-10)12(16)18-3;8-6-7-4-2-1-3-5-7/h4-7H,1-3H3;6H,1-5H2. The Labute approximate surface area is 152 Å². The fourth-order valence-electron chi connectivity index (χ4n) is 2.37. The van der Waals surface area contributed by atoms with Crippen LogP contribution in [-0.2, 0) is 19.1 Å². The van der Waals surface area contributed by atoms with Gasteiger partial charge in [-0.1, -0.05) is 0 Å². The number of ether oxygens (including phenoxy) is 2. The maximum Gasteiger partial charge on any atom is 0.337 e. The Morgan fingerprint density at radius 2 is 1.46 bits per heavy atom. The molecule has 2 amide bonds. The second kappa shape index (κ2) is 10.9. The van der Waals surface area contributed by atoms with Crippen LogP contribution in [-0.4, -0.2) is 64.0 Å². The van der Waals surface area contributed by atoms with Gasteiger partial charge in [0.25, 0.3) is 0 Å². The molecule has 1 aliphatic rings. The lowest BCUT2D eigenvalue weighted by atomic mass is 10.1. The fraction of sp³-hybridized carbons (Fsp3) is 0.444. The highest BCUT2D eigenvalue weighted by Gasteiger charge is 2.15. The van der Waals surface area contributed by atoms with Gasteiger partial charge in [-0.05, 0) is 37.5 Å². The highest BCUT2D eigenvalue weighted by Crippen LogP contribution is 2.19. The third kappa shape index (κ3) is 6.19. The summed E-state index contributed by atoms with van der Waals surface area (Å²) in [6.07, 6.45) is 5.19. The number of benzene rings is 1. The van der Waals surface area contributed by atoms with E-state index in [0.717, 1.165) is 19.5 Å². The number of anilines is 1. The van der Waals surface area contributed by atoms with Gasteiger partial charge in [-0.15, -0.1) is 0 Å². The van der Waals surface area contributed by atoms with Gasteiger partial charge in [0.2, 0.25) is 12.8 Å². The van der Waals surface area contributed by atoms with E-state index in [0.29, 0.717) is 12.1 Å². The normalized spacial score (nSPS) is 13.0. The Balaban J connectivity index is 0.000000350. The van der Waals surface area contributed by atoms with Crippen molar-refractivity contribution < 1.29 is 28.7 Å². The number of esters is 2. The minimum absolute atomic E-state index is 0.170. The van der Waals surface area contributed by atoms with Crippen LogP contribution in [0, 0.1) is 0 Å². The molecule has 0 unspecified atom stereocenters. The van der Waals surface area contributed by atoms with Crippen molar-refractivity contribution in [2.75, 3.05) is 39.3 Å². The quantitative estimate of drug-likeness (QED) is 0.580. The van der Waals surface area contributed by atoms with Crippen molar-refractivity contribution in [2.45, 2.75) is 19.3 Å². The van der Waals surface area contributed by atoms with Gasteiger partial charge in [0.05, 0.1) is 25.3 Å². The van der Waals surface area contributed by atoms with Gasteiger partial charge >= 0.3 is 11.9 Å². The third-order valence-electron chi connectivity index (χ3n) is 3.87. The Kier molecular flexibility index (Phi) is 8.83. The number of carbonyl (C=O) groups excluding carboxylic acids is 4. The van der Waals surface area contributed by atoms with Crippen molar-refractivity contribution in [2.24, 2.45) is 0 Å². The molecule has 2 rings (SSSR count). The first-order valence-electron chi connectivity index (χ1n) is 8.16. The van der Waals surface area contributed by atoms with Gasteiger partial charge in [0.15, 0.2) is 0 Å². The lowest BCUT2D eigenvalue weighted by Crippen LogP contribution is -2.27. The van der Waals surface area contributed by atoms with E-state index in [-0.39, 0.29) is 11.1 Å². The minimum Gasteiger partial charge on any atom is -0.465 e. The number of methoxy groups -OCH3 is 2. The first-order chi connectivity index (χ1) is 12.5. The first-order valence-corrected chi connectivity index (χ1v) is 8.16. The van der Waals surface area contributed by atoms with Gasteiger partial charge in [0, 0.05) is 25.8 Å². The molecular weight excluding hydrogens is 340 g/mol. The minimum atomic E-state index is -0.596. The Bertz CT molecular complexity index is 606. The molecule has 1 heterocycles. The van der Waals surface area contributed by atoms with Crippen molar-refractivity contribution in [3.05, 3.63) is 29.3 Å². The summed E-state index contributed by atoms with van der Waals surface area (Å²) in [4.78, 5) is 46.8. The van der Waals surface area contributed by atoms with E-state index >= 15 is 0 Å². The maximum atomic E-state index is 11.5. The second-order valence-corrected chi connectivity index (χ2v) is 5.67. The monoisotopic (exact) mass is 364 g/mol. The lowest BCUT2D eigenvalue weighted by molar-refractivity contribution is -0.118. The van der Waals surface area contributed by atoms with E-state index in [2.05, 4.69) is 9.47 Å². The van der Waals surface area contributed by atoms with Crippen molar-refractivity contribution in [1.29, 1.82) is 0 Å². The molecular formula is C18H24N2O6. The van der Waals surface area contributed by atoms with Gasteiger partial charge in [-0.2, -0.15) is 0 Å². The third-order valence-corrected chi connectivity index (χ3v) is 3.87. The van der Waals surface area contributed by atoms with E-state index in [9.17, 15) is 19.2 Å². The van der Waals surface area contributed by atoms with Crippen molar-refractivity contribution in [3.63, 3.8) is 0 Å². The van der Waals surface area contributed by atoms with Gasteiger partial charge in [-0.25, -0.2) is 9.59 Å². The average molecular weight is 364 g/mol. The molecule has 8 heteroatoms. The molecule has 1 saturated heterocycles. The number of piperidine rings is 1. The van der Waals surface area contributed by atoms with Crippen LogP contribution in [0.1, 0.15) is 40.0 Å². The topological polar surface area (TPSA) is 93.2 Å². The zero-order valence-corrected chi connectivity index (χ0v) is 15.3. The number of likely N-dealkylation sites (tertiary alicyclic amines) is 1. The molecule has 0 aromatic heterocycles. The lowest BCUT2D eigenvalue weighted by Gasteiger charge is -2.21. The molecule has 0 saturated carbocycles. The van der Waals surface area contributed by atoms with Gasteiger partial charge < -0.3 is 19.3 Å². The largest absolute Gasteiger partial charge is 0.465 e. The number of hydrogen-bond acceptors (Lipinski definition) is 6. The van der Waals surface area contributed by atoms with Gasteiger partial charge in [-0.3, -0.25) is 9.59 Å². The predicted molar refractivity (Wildman–Crippen MR) is 95.1 cm³/mol. The van der Waals surface area contributed by atoms with E-state index in [1.54, 1.807) is 0 Å². The molecule has 0 spiro atoms. The summed E-state index contributed by atoms with van der Waals surface area (Å²) in [6, 6.07) is 4.25. The summed E-state index contributed by atoms with van der Waals surface area (Å²) in [6.45, 7) is 1.95. The molecule has 0 atom stereocenters. The summed E-state index contributed by atoms with van der Waals surface area (Å²) in [5, 5.41) is 0. The number of amides is 2. The van der Waals surface area contributed by atoms with Crippen LogP contribution < -0.4 is 4.90 Å². The van der Waals surface area contributed by atoms with Crippen LogP contribution in [0.4, 0.5) is 5.69 Å². The van der Waals surface area contributed by atoms with Crippen LogP contribution in [0.25, 0.3) is 0 Å². The number of rotatable bonds is 5. The molecule has 1 aliphatic heterocycles. The number of nitrogens with zero attached hydrogens (tertiary/aromatic N) is 2. The summed E-state index contributed by atoms with van der Waals surface area (Å²) in [5.74, 6) is -1.19. The van der Waals surface area contributed by atoms with E-state index in [1.165, 1.54) is 63.6 Å². The Morgan fingerprint density at radius 3 is 1.81 bits per heavy atom. The Morgan fingerprint density at radius 1 is 0.962 bits per heavy atom. The number of hydrogen-bond donors (Lipinski definition) is 0. The average Bonchev–Trinajstić information content (AvgIpc) is 2.72. The van der Waals surface area contributed by atoms with Crippen LogP contribution in [0.2, 0.25) is 0 Å². The molecule has 142 valence electrons. The summed E-state index contributed by atoms with van der Waals surface area (Å²) in [5.41, 5.74) is 0.738. The van der Waals surface area contributed by atoms with Crippen LogP contribution in [0.5, 0.6) is 0 Å². The zero-order chi connectivity index (χ0) is 19.5. The SMILES string of the molecule is COC(=O)c1cc(C(=O)OC)cc(N(C)C=O)c1.O=CN1CCCCC1. The van der Waals surface area contributed by atoms with Crippen LogP contribution in [0.15, 0.2) is 18.2 Å². The highest BCUT2D eigenvalue weighted by atomic mass is 16.5. The summed E-state index contributed by atoms with van der Waals surface area (Å²) >= 11 is 0. The Hall–Kier alpha value is -2.90. The molecule has 1 fully saturated rings. The second-order valence-electron chi connectivity index (χ2n) is 5.67. The van der Waals surface area contributed by atoms with E-state index in [4.69, 9.17) is 0 Å². The van der Waals surface area contributed by atoms with Crippen LogP contribution in [0.3, 0.4) is 0 Å². The van der Waals surface area contributed by atoms with Crippen LogP contribution >= 0.6 is 0 Å². The smallest absolute Gasteiger partial charge is 0.337 e. The molecule has 0 radical (unpaired) electrons. The zero-order valence-electron chi connectivity index (χ0n) is 15.3. The highest BCUT2D eigenvalue weighted by molar-refractivity contribution is 5.97. The molecule has 0 N–H and O–H groups in total. The van der Waals surface area contributed by atoms with Crippen molar-refractivity contribution >= 4 is 30.4 Å².